The van der Waals surface area contributed by atoms with Gasteiger partial charge in [0.1, 0.15) is 0 Å². The summed E-state index contributed by atoms with van der Waals surface area (Å²) in [7, 11) is 1.67. The van der Waals surface area contributed by atoms with Gasteiger partial charge in [0, 0.05) is 19.2 Å². The van der Waals surface area contributed by atoms with Gasteiger partial charge in [-0.3, -0.25) is 0 Å². The molecule has 0 heterocycles. The molecule has 6 nitrogen and oxygen atoms in total. The van der Waals surface area contributed by atoms with Crippen molar-refractivity contribution < 1.29 is 10.0 Å². The Labute approximate surface area is 110 Å². The van der Waals surface area contributed by atoms with E-state index < -0.39 is 0 Å². The zero-order valence-corrected chi connectivity index (χ0v) is 10.9. The Hall–Kier alpha value is -1.95. The van der Waals surface area contributed by atoms with Gasteiger partial charge in [-0.2, -0.15) is 0 Å². The highest BCUT2D eigenvalue weighted by atomic mass is 35.5. The number of amidine groups is 1. The third-order valence-electron chi connectivity index (χ3n) is 2.44. The molecule has 0 aliphatic rings. The van der Waals surface area contributed by atoms with Crippen LogP contribution in [0.5, 0.6) is 0 Å². The zero-order valence-electron chi connectivity index (χ0n) is 10.1. The van der Waals surface area contributed by atoms with E-state index in [2.05, 4.69) is 10.5 Å². The second-order valence-corrected chi connectivity index (χ2v) is 4.03. The van der Waals surface area contributed by atoms with E-state index >= 15 is 0 Å². The maximum Gasteiger partial charge on any atom is 0.321 e. The monoisotopic (exact) mass is 270 g/mol. The number of nitrogens with one attached hydrogen (secondary N) is 1. The van der Waals surface area contributed by atoms with Crippen LogP contribution in [0.25, 0.3) is 0 Å². The average molecular weight is 271 g/mol. The van der Waals surface area contributed by atoms with E-state index in [-0.39, 0.29) is 11.9 Å². The molecule has 0 spiro atoms. The lowest BCUT2D eigenvalue weighted by molar-refractivity contribution is 0.224. The summed E-state index contributed by atoms with van der Waals surface area (Å²) in [4.78, 5) is 13.1. The molecule has 0 saturated heterocycles. The van der Waals surface area contributed by atoms with Gasteiger partial charge in [0.15, 0.2) is 5.84 Å². The van der Waals surface area contributed by atoms with Crippen molar-refractivity contribution in [3.8, 4) is 0 Å². The molecule has 98 valence electrons. The normalized spacial score (nSPS) is 11.2. The maximum absolute atomic E-state index is 11.6. The fourth-order valence-corrected chi connectivity index (χ4v) is 1.42. The summed E-state index contributed by atoms with van der Waals surface area (Å²) in [6.07, 6.45) is 0. The zero-order chi connectivity index (χ0) is 13.7. The number of halogens is 1. The standard InChI is InChI=1S/C11H15ClN4O2/c1-3-16(2)11(17)14-9-5-4-7(6-8(9)12)10(13)15-18/h4-6,18H,3H2,1-2H3,(H2,13,15)(H,14,17). The van der Waals surface area contributed by atoms with Crippen LogP contribution in [-0.4, -0.2) is 35.6 Å². The highest BCUT2D eigenvalue weighted by molar-refractivity contribution is 6.34. The van der Waals surface area contributed by atoms with Gasteiger partial charge in [0.2, 0.25) is 0 Å². The molecule has 18 heavy (non-hydrogen) atoms. The SMILES string of the molecule is CCN(C)C(=O)Nc1ccc(/C(N)=N/O)cc1Cl. The molecule has 0 atom stereocenters. The lowest BCUT2D eigenvalue weighted by atomic mass is 10.2. The van der Waals surface area contributed by atoms with Crippen LogP contribution < -0.4 is 11.1 Å². The average Bonchev–Trinajstić information content (AvgIpc) is 2.38. The quantitative estimate of drug-likeness (QED) is 0.339. The first-order chi connectivity index (χ1) is 8.49. The highest BCUT2D eigenvalue weighted by Gasteiger charge is 2.10. The van der Waals surface area contributed by atoms with Crippen LogP contribution in [0.3, 0.4) is 0 Å². The van der Waals surface area contributed by atoms with Gasteiger partial charge in [-0.25, -0.2) is 4.79 Å². The van der Waals surface area contributed by atoms with Crippen molar-refractivity contribution in [3.63, 3.8) is 0 Å². The number of amides is 2. The number of nitrogens with two attached hydrogens (primary N) is 1. The second-order valence-electron chi connectivity index (χ2n) is 3.62. The Morgan fingerprint density at radius 1 is 1.61 bits per heavy atom. The molecule has 0 radical (unpaired) electrons. The van der Waals surface area contributed by atoms with Gasteiger partial charge in [-0.15, -0.1) is 0 Å². The van der Waals surface area contributed by atoms with Gasteiger partial charge >= 0.3 is 6.03 Å². The summed E-state index contributed by atoms with van der Waals surface area (Å²) >= 11 is 6.00. The third-order valence-corrected chi connectivity index (χ3v) is 2.75. The second kappa shape index (κ2) is 6.11. The first-order valence-corrected chi connectivity index (χ1v) is 5.67. The molecule has 7 heteroatoms. The molecular weight excluding hydrogens is 256 g/mol. The Balaban J connectivity index is 2.90. The maximum atomic E-state index is 11.6. The highest BCUT2D eigenvalue weighted by Crippen LogP contribution is 2.23. The third kappa shape index (κ3) is 3.27. The minimum atomic E-state index is -0.254. The largest absolute Gasteiger partial charge is 0.409 e. The van der Waals surface area contributed by atoms with Crippen LogP contribution in [0.1, 0.15) is 12.5 Å². The van der Waals surface area contributed by atoms with Gasteiger partial charge in [-0.05, 0) is 25.1 Å². The molecule has 1 aromatic rings. The number of nitrogens with zero attached hydrogens (tertiary/aromatic N) is 2. The van der Waals surface area contributed by atoms with Gasteiger partial charge in [0.25, 0.3) is 0 Å². The number of hydrogen-bond donors (Lipinski definition) is 3. The summed E-state index contributed by atoms with van der Waals surface area (Å²) in [5, 5.41) is 14.4. The van der Waals surface area contributed by atoms with Crippen molar-refractivity contribution in [3.05, 3.63) is 28.8 Å². The number of urea groups is 1. The number of carbonyl (C=O) groups excluding carboxylic acids is 1. The Morgan fingerprint density at radius 3 is 2.78 bits per heavy atom. The summed E-state index contributed by atoms with van der Waals surface area (Å²) in [6, 6.07) is 4.45. The number of benzene rings is 1. The van der Waals surface area contributed by atoms with E-state index in [1.165, 1.54) is 11.0 Å². The molecule has 2 amide bonds. The first kappa shape index (κ1) is 14.1. The van der Waals surface area contributed by atoms with E-state index in [1.54, 1.807) is 19.2 Å². The van der Waals surface area contributed by atoms with Crippen LogP contribution in [0, 0.1) is 0 Å². The predicted molar refractivity (Wildman–Crippen MR) is 71.3 cm³/mol. The topological polar surface area (TPSA) is 91.0 Å². The van der Waals surface area contributed by atoms with Crippen LogP contribution in [0.15, 0.2) is 23.4 Å². The first-order valence-electron chi connectivity index (χ1n) is 5.29. The summed E-state index contributed by atoms with van der Waals surface area (Å²) in [5.41, 5.74) is 6.38. The number of carbonyl (C=O) groups is 1. The van der Waals surface area contributed by atoms with Crippen molar-refractivity contribution in [1.29, 1.82) is 0 Å². The van der Waals surface area contributed by atoms with E-state index in [9.17, 15) is 4.79 Å². The molecule has 4 N–H and O–H groups in total. The van der Waals surface area contributed by atoms with Crippen molar-refractivity contribution in [2.45, 2.75) is 6.92 Å². The molecule has 1 aromatic carbocycles. The fraction of sp³-hybridized carbons (Fsp3) is 0.273. The van der Waals surface area contributed by atoms with Crippen molar-refractivity contribution in [2.24, 2.45) is 10.9 Å². The Kier molecular flexibility index (Phi) is 4.79. The minimum absolute atomic E-state index is 0.0412. The summed E-state index contributed by atoms with van der Waals surface area (Å²) in [5.74, 6) is -0.0412. The Morgan fingerprint density at radius 2 is 2.28 bits per heavy atom. The smallest absolute Gasteiger partial charge is 0.321 e. The number of oxime groups is 1. The Bertz CT molecular complexity index is 476. The predicted octanol–water partition coefficient (Wildman–Crippen LogP) is 1.92. The van der Waals surface area contributed by atoms with E-state index in [4.69, 9.17) is 22.5 Å². The fourth-order valence-electron chi connectivity index (χ4n) is 1.19. The van der Waals surface area contributed by atoms with Crippen molar-refractivity contribution in [2.75, 3.05) is 18.9 Å². The van der Waals surface area contributed by atoms with Gasteiger partial charge in [0.05, 0.1) is 10.7 Å². The van der Waals surface area contributed by atoms with Crippen LogP contribution in [0.2, 0.25) is 5.02 Å². The molecule has 0 aliphatic heterocycles. The molecule has 0 aliphatic carbocycles. The molecular formula is C11H15ClN4O2. The summed E-state index contributed by atoms with van der Waals surface area (Å²) in [6.45, 7) is 2.45. The van der Waals surface area contributed by atoms with Crippen molar-refractivity contribution in [1.82, 2.24) is 4.90 Å². The van der Waals surface area contributed by atoms with E-state index in [1.807, 2.05) is 6.92 Å². The van der Waals surface area contributed by atoms with Crippen LogP contribution >= 0.6 is 11.6 Å². The number of hydrogen-bond acceptors (Lipinski definition) is 3. The van der Waals surface area contributed by atoms with E-state index in [0.29, 0.717) is 22.8 Å². The molecule has 1 rings (SSSR count). The van der Waals surface area contributed by atoms with Gasteiger partial charge in [-0.1, -0.05) is 16.8 Å². The minimum Gasteiger partial charge on any atom is -0.409 e. The number of rotatable bonds is 3. The van der Waals surface area contributed by atoms with Crippen LogP contribution in [0.4, 0.5) is 10.5 Å². The molecule has 0 fully saturated rings. The summed E-state index contributed by atoms with van der Waals surface area (Å²) < 4.78 is 0. The lowest BCUT2D eigenvalue weighted by Crippen LogP contribution is -2.31. The number of anilines is 1. The molecule has 0 aromatic heterocycles. The van der Waals surface area contributed by atoms with E-state index in [0.717, 1.165) is 0 Å². The van der Waals surface area contributed by atoms with Crippen molar-refractivity contribution >= 4 is 29.2 Å². The molecule has 0 saturated carbocycles. The molecule has 0 unspecified atom stereocenters. The van der Waals surface area contributed by atoms with Crippen LogP contribution in [-0.2, 0) is 0 Å². The lowest BCUT2D eigenvalue weighted by Gasteiger charge is -2.16. The molecule has 0 bridgehead atoms. The van der Waals surface area contributed by atoms with Gasteiger partial charge < -0.3 is 21.2 Å².